The number of benzene rings is 1. The summed E-state index contributed by atoms with van der Waals surface area (Å²) >= 11 is 2.63. The number of amides is 2. The highest BCUT2D eigenvalue weighted by atomic mass is 32.1. The molecule has 2 amide bonds. The molecule has 11 heteroatoms. The van der Waals surface area contributed by atoms with Crippen LogP contribution in [-0.2, 0) is 16.0 Å². The molecular weight excluding hydrogens is 465 g/mol. The van der Waals surface area contributed by atoms with Crippen LogP contribution in [0.3, 0.4) is 0 Å². The van der Waals surface area contributed by atoms with Crippen LogP contribution in [0.5, 0.6) is 0 Å². The molecule has 33 heavy (non-hydrogen) atoms. The Morgan fingerprint density at radius 2 is 1.97 bits per heavy atom. The predicted molar refractivity (Wildman–Crippen MR) is 128 cm³/mol. The fraction of sp³-hybridized carbons (Fsp3) is 0.227. The van der Waals surface area contributed by atoms with Gasteiger partial charge in [0.05, 0.1) is 11.1 Å². The fourth-order valence-corrected chi connectivity index (χ4v) is 5.07. The molecule has 0 atom stereocenters. The van der Waals surface area contributed by atoms with Gasteiger partial charge in [0, 0.05) is 41.3 Å². The Balaban J connectivity index is 1.41. The summed E-state index contributed by atoms with van der Waals surface area (Å²) in [6, 6.07) is 4.32. The molecule has 3 heterocycles. The molecule has 4 aromatic rings. The van der Waals surface area contributed by atoms with Crippen LogP contribution in [0, 0.1) is 19.7 Å². The van der Waals surface area contributed by atoms with Gasteiger partial charge in [-0.1, -0.05) is 0 Å². The van der Waals surface area contributed by atoms with E-state index in [4.69, 9.17) is 0 Å². The van der Waals surface area contributed by atoms with Crippen molar-refractivity contribution in [2.24, 2.45) is 0 Å². The summed E-state index contributed by atoms with van der Waals surface area (Å²) in [5.74, 6) is -0.668. The molecule has 0 unspecified atom stereocenters. The quantitative estimate of drug-likeness (QED) is 0.374. The number of fused-ring (bicyclic) bond motifs is 1. The molecule has 0 spiro atoms. The fourth-order valence-electron chi connectivity index (χ4n) is 3.29. The predicted octanol–water partition coefficient (Wildman–Crippen LogP) is 4.39. The molecule has 8 nitrogen and oxygen atoms in total. The third-order valence-corrected chi connectivity index (χ3v) is 6.85. The Labute approximate surface area is 195 Å². The first kappa shape index (κ1) is 22.7. The van der Waals surface area contributed by atoms with Gasteiger partial charge in [-0.3, -0.25) is 14.4 Å². The molecule has 0 fully saturated rings. The normalized spacial score (nSPS) is 11.0. The summed E-state index contributed by atoms with van der Waals surface area (Å²) in [6.45, 7) is 5.18. The highest BCUT2D eigenvalue weighted by molar-refractivity contribution is 7.18. The van der Waals surface area contributed by atoms with Gasteiger partial charge in [-0.15, -0.1) is 22.7 Å². The van der Waals surface area contributed by atoms with Crippen molar-refractivity contribution in [3.05, 3.63) is 56.0 Å². The van der Waals surface area contributed by atoms with Crippen molar-refractivity contribution in [3.8, 4) is 11.3 Å². The van der Waals surface area contributed by atoms with Crippen molar-refractivity contribution in [2.45, 2.75) is 33.6 Å². The monoisotopic (exact) mass is 485 g/mol. The Morgan fingerprint density at radius 1 is 1.18 bits per heavy atom. The molecule has 0 aliphatic carbocycles. The number of hydrogen-bond acceptors (Lipinski definition) is 7. The van der Waals surface area contributed by atoms with Gasteiger partial charge in [0.2, 0.25) is 11.8 Å². The second-order valence-electron chi connectivity index (χ2n) is 7.44. The smallest absolute Gasteiger partial charge is 0.259 e. The third kappa shape index (κ3) is 4.99. The van der Waals surface area contributed by atoms with Gasteiger partial charge in [-0.25, -0.2) is 14.4 Å². The van der Waals surface area contributed by atoms with E-state index in [1.165, 1.54) is 41.7 Å². The summed E-state index contributed by atoms with van der Waals surface area (Å²) in [5, 5.41) is 7.79. The Hall–Kier alpha value is -3.44. The first-order valence-corrected chi connectivity index (χ1v) is 11.7. The summed E-state index contributed by atoms with van der Waals surface area (Å²) in [4.78, 5) is 49.1. The molecule has 0 bridgehead atoms. The molecule has 3 N–H and O–H groups in total. The summed E-state index contributed by atoms with van der Waals surface area (Å²) in [6.07, 6.45) is 0.372. The van der Waals surface area contributed by atoms with Crippen molar-refractivity contribution < 1.29 is 14.0 Å². The highest BCUT2D eigenvalue weighted by Crippen LogP contribution is 2.29. The van der Waals surface area contributed by atoms with Crippen LogP contribution in [0.4, 0.5) is 15.2 Å². The maximum absolute atomic E-state index is 14.4. The van der Waals surface area contributed by atoms with Gasteiger partial charge in [-0.2, -0.15) is 0 Å². The van der Waals surface area contributed by atoms with Crippen molar-refractivity contribution in [3.63, 3.8) is 0 Å². The molecule has 3 aromatic heterocycles. The molecular formula is C22H20FN5O3S2. The number of aromatic amines is 1. The maximum Gasteiger partial charge on any atom is 0.259 e. The largest absolute Gasteiger partial charge is 0.326 e. The van der Waals surface area contributed by atoms with Crippen LogP contribution in [-0.4, -0.2) is 26.8 Å². The minimum Gasteiger partial charge on any atom is -0.326 e. The number of halogens is 1. The number of rotatable bonds is 6. The lowest BCUT2D eigenvalue weighted by Gasteiger charge is -2.05. The first-order valence-electron chi connectivity index (χ1n) is 10.0. The lowest BCUT2D eigenvalue weighted by molar-refractivity contribution is -0.116. The van der Waals surface area contributed by atoms with E-state index in [2.05, 4.69) is 25.6 Å². The molecule has 0 aliphatic heterocycles. The molecule has 0 aliphatic rings. The summed E-state index contributed by atoms with van der Waals surface area (Å²) in [7, 11) is 0. The number of H-pyrrole nitrogens is 1. The summed E-state index contributed by atoms with van der Waals surface area (Å²) < 4.78 is 14.4. The van der Waals surface area contributed by atoms with Crippen molar-refractivity contribution >= 4 is 55.5 Å². The number of carbonyl (C=O) groups excluding carboxylic acids is 2. The molecule has 0 saturated heterocycles. The zero-order valence-electron chi connectivity index (χ0n) is 18.0. The minimum atomic E-state index is -0.533. The van der Waals surface area contributed by atoms with E-state index < -0.39 is 5.82 Å². The minimum absolute atomic E-state index is 0.104. The number of thiophene rings is 1. The van der Waals surface area contributed by atoms with E-state index in [1.807, 2.05) is 13.8 Å². The number of carbonyl (C=O) groups is 2. The SMILES string of the molecule is CC(=O)Nc1ccc(-c2csc(NC(=O)CCc3nc4sc(C)c(C)c4c(=O)[nH]3)n2)c(F)c1. The van der Waals surface area contributed by atoms with Gasteiger partial charge in [0.1, 0.15) is 16.5 Å². The number of nitrogens with zero attached hydrogens (tertiary/aromatic N) is 2. The average Bonchev–Trinajstić information content (AvgIpc) is 3.30. The van der Waals surface area contributed by atoms with E-state index in [9.17, 15) is 18.8 Å². The number of hydrogen-bond donors (Lipinski definition) is 3. The Morgan fingerprint density at radius 3 is 2.70 bits per heavy atom. The van der Waals surface area contributed by atoms with Crippen LogP contribution in [0.1, 0.15) is 29.6 Å². The topological polar surface area (TPSA) is 117 Å². The second-order valence-corrected chi connectivity index (χ2v) is 9.50. The molecule has 0 radical (unpaired) electrons. The van der Waals surface area contributed by atoms with Crippen LogP contribution in [0.15, 0.2) is 28.4 Å². The van der Waals surface area contributed by atoms with Crippen LogP contribution >= 0.6 is 22.7 Å². The number of aryl methyl sites for hydroxylation is 3. The second kappa shape index (κ2) is 9.20. The van der Waals surface area contributed by atoms with Gasteiger partial charge < -0.3 is 15.6 Å². The Kier molecular flexibility index (Phi) is 6.34. The van der Waals surface area contributed by atoms with Crippen LogP contribution in [0.2, 0.25) is 0 Å². The summed E-state index contributed by atoms with van der Waals surface area (Å²) in [5.41, 5.74) is 1.71. The number of aromatic nitrogens is 3. The van der Waals surface area contributed by atoms with E-state index in [0.717, 1.165) is 10.4 Å². The van der Waals surface area contributed by atoms with E-state index in [-0.39, 0.29) is 35.8 Å². The van der Waals surface area contributed by atoms with Gasteiger partial charge in [0.25, 0.3) is 5.56 Å². The first-order chi connectivity index (χ1) is 15.7. The Bertz CT molecular complexity index is 1440. The number of nitrogens with one attached hydrogen (secondary N) is 3. The third-order valence-electron chi connectivity index (χ3n) is 4.99. The van der Waals surface area contributed by atoms with Crippen molar-refractivity contribution in [1.29, 1.82) is 0 Å². The van der Waals surface area contributed by atoms with E-state index in [0.29, 0.717) is 32.6 Å². The van der Waals surface area contributed by atoms with E-state index in [1.54, 1.807) is 11.4 Å². The maximum atomic E-state index is 14.4. The van der Waals surface area contributed by atoms with Gasteiger partial charge >= 0.3 is 0 Å². The van der Waals surface area contributed by atoms with Crippen molar-refractivity contribution in [1.82, 2.24) is 15.0 Å². The zero-order valence-corrected chi connectivity index (χ0v) is 19.7. The standard InChI is InChI=1S/C22H20FN5O3S2/c1-10-11(2)33-21-19(10)20(31)26-17(27-21)6-7-18(30)28-22-25-16(9-32-22)14-5-4-13(8-15(14)23)24-12(3)29/h4-5,8-9H,6-7H2,1-3H3,(H,24,29)(H,25,28,30)(H,26,27,31). The lowest BCUT2D eigenvalue weighted by atomic mass is 10.1. The number of thiazole rings is 1. The highest BCUT2D eigenvalue weighted by Gasteiger charge is 2.15. The number of anilines is 2. The van der Waals surface area contributed by atoms with E-state index >= 15 is 0 Å². The van der Waals surface area contributed by atoms with Gasteiger partial charge in [0.15, 0.2) is 5.13 Å². The molecule has 1 aromatic carbocycles. The zero-order chi connectivity index (χ0) is 23.7. The van der Waals surface area contributed by atoms with Gasteiger partial charge in [-0.05, 0) is 37.6 Å². The molecule has 4 rings (SSSR count). The van der Waals surface area contributed by atoms with Crippen molar-refractivity contribution in [2.75, 3.05) is 10.6 Å². The lowest BCUT2D eigenvalue weighted by Crippen LogP contribution is -2.16. The van der Waals surface area contributed by atoms with Crippen LogP contribution < -0.4 is 16.2 Å². The molecule has 0 saturated carbocycles. The average molecular weight is 486 g/mol. The van der Waals surface area contributed by atoms with Crippen LogP contribution in [0.25, 0.3) is 21.5 Å². The molecule has 170 valence electrons.